The molecule has 0 aliphatic rings. The summed E-state index contributed by atoms with van der Waals surface area (Å²) in [4.78, 5) is 0.528. The molecule has 0 saturated heterocycles. The molecule has 1 N–H and O–H groups in total. The summed E-state index contributed by atoms with van der Waals surface area (Å²) in [7, 11) is -3.50. The molecule has 0 aliphatic heterocycles. The Hall–Kier alpha value is -2.33. The van der Waals surface area contributed by atoms with E-state index in [2.05, 4.69) is 0 Å². The van der Waals surface area contributed by atoms with Crippen molar-refractivity contribution in [2.75, 3.05) is 0 Å². The predicted molar refractivity (Wildman–Crippen MR) is 77.5 cm³/mol. The molecule has 4 heteroatoms. The molecule has 3 aromatic carbocycles. The zero-order valence-corrected chi connectivity index (χ0v) is 11.3. The van der Waals surface area contributed by atoms with Gasteiger partial charge in [0.2, 0.25) is 9.84 Å². The van der Waals surface area contributed by atoms with Crippen molar-refractivity contribution in [3.63, 3.8) is 0 Å². The van der Waals surface area contributed by atoms with Gasteiger partial charge in [-0.05, 0) is 47.2 Å². The molecule has 0 amide bonds. The Bertz CT molecular complexity index is 869. The van der Waals surface area contributed by atoms with Gasteiger partial charge in [-0.3, -0.25) is 0 Å². The third-order valence-electron chi connectivity index (χ3n) is 3.16. The highest BCUT2D eigenvalue weighted by Gasteiger charge is 2.17. The highest BCUT2D eigenvalue weighted by molar-refractivity contribution is 7.91. The van der Waals surface area contributed by atoms with Crippen molar-refractivity contribution in [1.29, 1.82) is 0 Å². The van der Waals surface area contributed by atoms with E-state index in [1.165, 1.54) is 0 Å². The van der Waals surface area contributed by atoms with Crippen LogP contribution in [-0.4, -0.2) is 13.5 Å². The van der Waals surface area contributed by atoms with Crippen LogP contribution in [0.25, 0.3) is 10.8 Å². The fourth-order valence-corrected chi connectivity index (χ4v) is 3.43. The van der Waals surface area contributed by atoms with Crippen molar-refractivity contribution in [3.8, 4) is 5.75 Å². The van der Waals surface area contributed by atoms with Crippen molar-refractivity contribution in [1.82, 2.24) is 0 Å². The zero-order chi connectivity index (χ0) is 14.2. The van der Waals surface area contributed by atoms with Gasteiger partial charge < -0.3 is 5.11 Å². The summed E-state index contributed by atoms with van der Waals surface area (Å²) < 4.78 is 25.0. The number of sulfone groups is 1. The van der Waals surface area contributed by atoms with Gasteiger partial charge in [-0.1, -0.05) is 30.3 Å². The maximum atomic E-state index is 12.5. The molecular formula is C16H12O3S. The molecule has 0 fully saturated rings. The smallest absolute Gasteiger partial charge is 0.206 e. The molecule has 3 aromatic rings. The summed E-state index contributed by atoms with van der Waals surface area (Å²) in [6, 6.07) is 18.1. The van der Waals surface area contributed by atoms with E-state index in [4.69, 9.17) is 0 Å². The Labute approximate surface area is 117 Å². The van der Waals surface area contributed by atoms with E-state index in [1.54, 1.807) is 66.7 Å². The van der Waals surface area contributed by atoms with E-state index in [-0.39, 0.29) is 15.5 Å². The molecule has 0 atom stereocenters. The van der Waals surface area contributed by atoms with Crippen LogP contribution in [0.2, 0.25) is 0 Å². The molecule has 0 aromatic heterocycles. The van der Waals surface area contributed by atoms with Crippen molar-refractivity contribution < 1.29 is 13.5 Å². The van der Waals surface area contributed by atoms with Crippen LogP contribution >= 0.6 is 0 Å². The third kappa shape index (κ3) is 2.14. The number of hydrogen-bond acceptors (Lipinski definition) is 3. The van der Waals surface area contributed by atoms with Crippen LogP contribution in [-0.2, 0) is 9.84 Å². The van der Waals surface area contributed by atoms with Crippen molar-refractivity contribution >= 4 is 20.6 Å². The lowest BCUT2D eigenvalue weighted by Crippen LogP contribution is -2.01. The summed E-state index contributed by atoms with van der Waals surface area (Å²) >= 11 is 0. The van der Waals surface area contributed by atoms with Crippen LogP contribution in [0, 0.1) is 0 Å². The number of hydrogen-bond donors (Lipinski definition) is 1. The van der Waals surface area contributed by atoms with Gasteiger partial charge in [-0.15, -0.1) is 0 Å². The number of benzene rings is 3. The van der Waals surface area contributed by atoms with Crippen molar-refractivity contribution in [3.05, 3.63) is 66.7 Å². The Morgan fingerprint density at radius 3 is 2.10 bits per heavy atom. The second kappa shape index (κ2) is 4.65. The molecule has 0 radical (unpaired) electrons. The van der Waals surface area contributed by atoms with Gasteiger partial charge in [0.25, 0.3) is 0 Å². The lowest BCUT2D eigenvalue weighted by Gasteiger charge is -2.06. The molecule has 0 saturated carbocycles. The number of phenolic OH excluding ortho intramolecular Hbond substituents is 1. The molecule has 0 bridgehead atoms. The second-order valence-corrected chi connectivity index (χ2v) is 6.46. The van der Waals surface area contributed by atoms with Crippen LogP contribution in [0.5, 0.6) is 5.75 Å². The Morgan fingerprint density at radius 2 is 1.35 bits per heavy atom. The van der Waals surface area contributed by atoms with E-state index in [0.717, 1.165) is 10.8 Å². The van der Waals surface area contributed by atoms with Gasteiger partial charge in [-0.25, -0.2) is 8.42 Å². The number of phenols is 1. The van der Waals surface area contributed by atoms with Crippen LogP contribution in [0.3, 0.4) is 0 Å². The van der Waals surface area contributed by atoms with Crippen LogP contribution in [0.1, 0.15) is 0 Å². The number of rotatable bonds is 2. The Balaban J connectivity index is 2.18. The minimum atomic E-state index is -3.50. The van der Waals surface area contributed by atoms with Gasteiger partial charge in [0, 0.05) is 0 Å². The topological polar surface area (TPSA) is 54.4 Å². The molecule has 0 spiro atoms. The first-order valence-electron chi connectivity index (χ1n) is 6.10. The van der Waals surface area contributed by atoms with E-state index in [0.29, 0.717) is 0 Å². The summed E-state index contributed by atoms with van der Waals surface area (Å²) in [6.45, 7) is 0. The third-order valence-corrected chi connectivity index (χ3v) is 4.93. The second-order valence-electron chi connectivity index (χ2n) is 4.51. The summed E-state index contributed by atoms with van der Waals surface area (Å²) in [5.41, 5.74) is 0. The van der Waals surface area contributed by atoms with Crippen molar-refractivity contribution in [2.45, 2.75) is 9.79 Å². The average Bonchev–Trinajstić information content (AvgIpc) is 2.47. The van der Waals surface area contributed by atoms with Gasteiger partial charge in [-0.2, -0.15) is 0 Å². The first-order chi connectivity index (χ1) is 9.57. The monoisotopic (exact) mass is 284 g/mol. The minimum Gasteiger partial charge on any atom is -0.508 e. The predicted octanol–water partition coefficient (Wildman–Crippen LogP) is 3.38. The summed E-state index contributed by atoms with van der Waals surface area (Å²) in [6.07, 6.45) is 0. The van der Waals surface area contributed by atoms with Crippen LogP contribution < -0.4 is 0 Å². The zero-order valence-electron chi connectivity index (χ0n) is 10.5. The molecule has 0 unspecified atom stereocenters. The Morgan fingerprint density at radius 1 is 0.700 bits per heavy atom. The highest BCUT2D eigenvalue weighted by Crippen LogP contribution is 2.26. The largest absolute Gasteiger partial charge is 0.508 e. The lowest BCUT2D eigenvalue weighted by molar-refractivity contribution is 0.476. The minimum absolute atomic E-state index is 0.163. The molecule has 0 aliphatic carbocycles. The van der Waals surface area contributed by atoms with Crippen LogP contribution in [0.4, 0.5) is 0 Å². The lowest BCUT2D eigenvalue weighted by atomic mass is 10.1. The normalized spacial score (nSPS) is 11.6. The van der Waals surface area contributed by atoms with Gasteiger partial charge >= 0.3 is 0 Å². The molecule has 3 rings (SSSR count). The average molecular weight is 284 g/mol. The highest BCUT2D eigenvalue weighted by atomic mass is 32.2. The molecule has 20 heavy (non-hydrogen) atoms. The standard InChI is InChI=1S/C16H12O3S/c17-14-8-6-13-11-16(9-7-12(13)10-14)20(18,19)15-4-2-1-3-5-15/h1-11,17H. The maximum absolute atomic E-state index is 12.5. The maximum Gasteiger partial charge on any atom is 0.206 e. The fourth-order valence-electron chi connectivity index (χ4n) is 2.11. The molecule has 100 valence electrons. The van der Waals surface area contributed by atoms with Gasteiger partial charge in [0.15, 0.2) is 0 Å². The van der Waals surface area contributed by atoms with Crippen LogP contribution in [0.15, 0.2) is 76.5 Å². The summed E-state index contributed by atoms with van der Waals surface area (Å²) in [5, 5.41) is 11.0. The first kappa shape index (κ1) is 12.7. The molecular weight excluding hydrogens is 272 g/mol. The van der Waals surface area contributed by atoms with E-state index in [1.807, 2.05) is 0 Å². The Kier molecular flexibility index (Phi) is 2.95. The summed E-state index contributed by atoms with van der Waals surface area (Å²) in [5.74, 6) is 0.163. The van der Waals surface area contributed by atoms with Gasteiger partial charge in [0.1, 0.15) is 5.75 Å². The SMILES string of the molecule is O=S(=O)(c1ccccc1)c1ccc2cc(O)ccc2c1. The quantitative estimate of drug-likeness (QED) is 0.785. The van der Waals surface area contributed by atoms with Gasteiger partial charge in [0.05, 0.1) is 9.79 Å². The molecule has 0 heterocycles. The van der Waals surface area contributed by atoms with E-state index < -0.39 is 9.84 Å². The first-order valence-corrected chi connectivity index (χ1v) is 7.59. The van der Waals surface area contributed by atoms with Crippen molar-refractivity contribution in [2.24, 2.45) is 0 Å². The van der Waals surface area contributed by atoms with E-state index in [9.17, 15) is 13.5 Å². The number of aromatic hydroxyl groups is 1. The number of fused-ring (bicyclic) bond motifs is 1. The molecule has 3 nitrogen and oxygen atoms in total. The van der Waals surface area contributed by atoms with E-state index >= 15 is 0 Å². The fraction of sp³-hybridized carbons (Fsp3) is 0.